The Hall–Kier alpha value is -0.200. The molecule has 0 aromatic heterocycles. The van der Waals surface area contributed by atoms with Crippen LogP contribution in [0.2, 0.25) is 5.02 Å². The average molecular weight is 257 g/mol. The molecule has 1 saturated carbocycles. The third-order valence-electron chi connectivity index (χ3n) is 3.53. The van der Waals surface area contributed by atoms with Gasteiger partial charge in [0.15, 0.2) is 0 Å². The maximum atomic E-state index is 6.35. The summed E-state index contributed by atoms with van der Waals surface area (Å²) >= 11 is 12.4. The molecule has 0 heterocycles. The Labute approximate surface area is 108 Å². The van der Waals surface area contributed by atoms with Crippen molar-refractivity contribution < 1.29 is 0 Å². The summed E-state index contributed by atoms with van der Waals surface area (Å²) in [6.07, 6.45) is 6.64. The van der Waals surface area contributed by atoms with Gasteiger partial charge in [-0.05, 0) is 42.9 Å². The fourth-order valence-corrected chi connectivity index (χ4v) is 3.01. The van der Waals surface area contributed by atoms with E-state index in [0.29, 0.717) is 5.92 Å². The largest absolute Gasteiger partial charge is 0.118 e. The predicted molar refractivity (Wildman–Crippen MR) is 71.5 cm³/mol. The lowest BCUT2D eigenvalue weighted by molar-refractivity contribution is 0.443. The first-order valence-electron chi connectivity index (χ1n) is 6.12. The van der Waals surface area contributed by atoms with E-state index in [2.05, 4.69) is 12.1 Å². The van der Waals surface area contributed by atoms with Crippen molar-refractivity contribution in [2.75, 3.05) is 0 Å². The molecular formula is C14H18Cl2. The van der Waals surface area contributed by atoms with Crippen LogP contribution in [0.1, 0.15) is 61.4 Å². The van der Waals surface area contributed by atoms with Gasteiger partial charge in [-0.25, -0.2) is 0 Å². The van der Waals surface area contributed by atoms with Crippen LogP contribution in [-0.4, -0.2) is 0 Å². The Morgan fingerprint density at radius 1 is 1.19 bits per heavy atom. The van der Waals surface area contributed by atoms with Crippen LogP contribution in [0.25, 0.3) is 0 Å². The molecule has 0 nitrogen and oxygen atoms in total. The smallest absolute Gasteiger partial charge is 0.0557 e. The molecule has 2 rings (SSSR count). The molecule has 0 bridgehead atoms. The monoisotopic (exact) mass is 256 g/mol. The number of hydrogen-bond acceptors (Lipinski definition) is 0. The topological polar surface area (TPSA) is 0 Å². The number of hydrogen-bond donors (Lipinski definition) is 0. The minimum Gasteiger partial charge on any atom is -0.118 e. The second kappa shape index (κ2) is 5.42. The lowest BCUT2D eigenvalue weighted by Crippen LogP contribution is -2.05. The summed E-state index contributed by atoms with van der Waals surface area (Å²) in [7, 11) is 0. The first kappa shape index (κ1) is 12.3. The number of rotatable bonds is 2. The van der Waals surface area contributed by atoms with Crippen LogP contribution in [0.5, 0.6) is 0 Å². The molecule has 1 fully saturated rings. The molecule has 88 valence electrons. The van der Waals surface area contributed by atoms with Gasteiger partial charge in [0.2, 0.25) is 0 Å². The standard InChI is InChI=1S/C14H18Cl2/c1-10(15)12-7-8-13(14(16)9-12)11-5-3-2-4-6-11/h7-11H,2-6H2,1H3. The second-order valence-electron chi connectivity index (χ2n) is 4.73. The van der Waals surface area contributed by atoms with Crippen molar-refractivity contribution in [3.8, 4) is 0 Å². The van der Waals surface area contributed by atoms with Crippen LogP contribution in [-0.2, 0) is 0 Å². The Bertz CT molecular complexity index is 352. The minimum atomic E-state index is 0.0397. The third kappa shape index (κ3) is 2.73. The van der Waals surface area contributed by atoms with Gasteiger partial charge in [-0.3, -0.25) is 0 Å². The molecule has 0 amide bonds. The Kier molecular flexibility index (Phi) is 4.16. The van der Waals surface area contributed by atoms with Crippen LogP contribution in [0.3, 0.4) is 0 Å². The van der Waals surface area contributed by atoms with E-state index in [1.165, 1.54) is 37.7 Å². The summed E-state index contributed by atoms with van der Waals surface area (Å²) in [4.78, 5) is 0. The summed E-state index contributed by atoms with van der Waals surface area (Å²) in [5.74, 6) is 0.668. The summed E-state index contributed by atoms with van der Waals surface area (Å²) < 4.78 is 0. The van der Waals surface area contributed by atoms with Crippen LogP contribution < -0.4 is 0 Å². The van der Waals surface area contributed by atoms with Crippen molar-refractivity contribution in [3.05, 3.63) is 34.3 Å². The summed E-state index contributed by atoms with van der Waals surface area (Å²) in [5, 5.41) is 0.940. The summed E-state index contributed by atoms with van der Waals surface area (Å²) in [5.41, 5.74) is 2.44. The van der Waals surface area contributed by atoms with E-state index in [-0.39, 0.29) is 5.38 Å². The van der Waals surface area contributed by atoms with Gasteiger partial charge in [0, 0.05) is 5.02 Å². The Balaban J connectivity index is 2.21. The molecule has 1 aromatic carbocycles. The molecule has 0 aliphatic heterocycles. The zero-order valence-corrected chi connectivity index (χ0v) is 11.2. The zero-order valence-electron chi connectivity index (χ0n) is 9.68. The van der Waals surface area contributed by atoms with E-state index in [9.17, 15) is 0 Å². The van der Waals surface area contributed by atoms with Crippen molar-refractivity contribution in [2.45, 2.75) is 50.3 Å². The highest BCUT2D eigenvalue weighted by Gasteiger charge is 2.18. The average Bonchev–Trinajstić information content (AvgIpc) is 2.30. The zero-order chi connectivity index (χ0) is 11.5. The van der Waals surface area contributed by atoms with Crippen molar-refractivity contribution in [1.29, 1.82) is 0 Å². The number of halogens is 2. The molecule has 1 aliphatic carbocycles. The van der Waals surface area contributed by atoms with E-state index in [4.69, 9.17) is 23.2 Å². The fraction of sp³-hybridized carbons (Fsp3) is 0.571. The normalized spacial score (nSPS) is 19.7. The number of alkyl halides is 1. The molecule has 1 unspecified atom stereocenters. The van der Waals surface area contributed by atoms with Crippen LogP contribution in [0.4, 0.5) is 0 Å². The molecule has 0 saturated heterocycles. The highest BCUT2D eigenvalue weighted by atomic mass is 35.5. The van der Waals surface area contributed by atoms with Gasteiger partial charge in [-0.2, -0.15) is 0 Å². The van der Waals surface area contributed by atoms with Crippen LogP contribution in [0.15, 0.2) is 18.2 Å². The lowest BCUT2D eigenvalue weighted by atomic mass is 9.84. The highest BCUT2D eigenvalue weighted by Crippen LogP contribution is 2.37. The van der Waals surface area contributed by atoms with Crippen LogP contribution >= 0.6 is 23.2 Å². The Morgan fingerprint density at radius 3 is 2.44 bits per heavy atom. The van der Waals surface area contributed by atoms with E-state index in [1.54, 1.807) is 0 Å². The predicted octanol–water partition coefficient (Wildman–Crippen LogP) is 5.69. The first-order valence-corrected chi connectivity index (χ1v) is 6.93. The molecule has 1 aromatic rings. The molecule has 1 aliphatic rings. The van der Waals surface area contributed by atoms with Gasteiger partial charge in [-0.1, -0.05) is 43.0 Å². The SMILES string of the molecule is CC(Cl)c1ccc(C2CCCCC2)c(Cl)c1. The first-order chi connectivity index (χ1) is 7.68. The van der Waals surface area contributed by atoms with Gasteiger partial charge in [0.05, 0.1) is 5.38 Å². The highest BCUT2D eigenvalue weighted by molar-refractivity contribution is 6.31. The summed E-state index contributed by atoms with van der Waals surface area (Å²) in [6, 6.07) is 6.32. The molecule has 0 N–H and O–H groups in total. The van der Waals surface area contributed by atoms with E-state index in [0.717, 1.165) is 10.6 Å². The Morgan fingerprint density at radius 2 is 1.88 bits per heavy atom. The quantitative estimate of drug-likeness (QED) is 0.597. The van der Waals surface area contributed by atoms with Gasteiger partial charge in [-0.15, -0.1) is 11.6 Å². The minimum absolute atomic E-state index is 0.0397. The maximum Gasteiger partial charge on any atom is 0.0557 e. The molecular weight excluding hydrogens is 239 g/mol. The van der Waals surface area contributed by atoms with Gasteiger partial charge in [0.1, 0.15) is 0 Å². The van der Waals surface area contributed by atoms with Gasteiger partial charge < -0.3 is 0 Å². The molecule has 0 radical (unpaired) electrons. The van der Waals surface area contributed by atoms with Gasteiger partial charge >= 0.3 is 0 Å². The molecule has 16 heavy (non-hydrogen) atoms. The summed E-state index contributed by atoms with van der Waals surface area (Å²) in [6.45, 7) is 1.98. The van der Waals surface area contributed by atoms with Crippen molar-refractivity contribution >= 4 is 23.2 Å². The van der Waals surface area contributed by atoms with Gasteiger partial charge in [0.25, 0.3) is 0 Å². The lowest BCUT2D eigenvalue weighted by Gasteiger charge is -2.23. The van der Waals surface area contributed by atoms with E-state index in [1.807, 2.05) is 13.0 Å². The molecule has 2 heteroatoms. The molecule has 0 spiro atoms. The molecule has 1 atom stereocenters. The van der Waals surface area contributed by atoms with Crippen molar-refractivity contribution in [1.82, 2.24) is 0 Å². The fourth-order valence-electron chi connectivity index (χ4n) is 2.54. The number of benzene rings is 1. The van der Waals surface area contributed by atoms with E-state index < -0.39 is 0 Å². The third-order valence-corrected chi connectivity index (χ3v) is 4.11. The second-order valence-corrected chi connectivity index (χ2v) is 5.79. The van der Waals surface area contributed by atoms with Crippen molar-refractivity contribution in [2.24, 2.45) is 0 Å². The van der Waals surface area contributed by atoms with Crippen LogP contribution in [0, 0.1) is 0 Å². The van der Waals surface area contributed by atoms with E-state index >= 15 is 0 Å². The maximum absolute atomic E-state index is 6.35. The van der Waals surface area contributed by atoms with Crippen molar-refractivity contribution in [3.63, 3.8) is 0 Å².